The molecule has 7 heteroatoms. The summed E-state index contributed by atoms with van der Waals surface area (Å²) in [4.78, 5) is 21.8. The lowest BCUT2D eigenvalue weighted by molar-refractivity contribution is -0.118. The van der Waals surface area contributed by atoms with E-state index < -0.39 is 6.10 Å². The highest BCUT2D eigenvalue weighted by molar-refractivity contribution is 6.43. The number of aliphatic hydroxyl groups excluding tert-OH is 1. The van der Waals surface area contributed by atoms with Crippen molar-refractivity contribution < 1.29 is 19.4 Å². The number of rotatable bonds is 5. The Kier molecular flexibility index (Phi) is 8.16. The van der Waals surface area contributed by atoms with Crippen LogP contribution in [0.15, 0.2) is 47.1 Å². The van der Waals surface area contributed by atoms with Gasteiger partial charge in [-0.25, -0.2) is 4.98 Å². The van der Waals surface area contributed by atoms with Crippen LogP contribution >= 0.6 is 0 Å². The molecule has 1 aromatic heterocycles. The number of allylic oxidation sites excluding steroid dienone is 2. The number of ether oxygens (including phenoxy) is 2. The molecule has 0 aromatic carbocycles. The van der Waals surface area contributed by atoms with Crippen LogP contribution in [0.1, 0.15) is 37.7 Å². The molecule has 2 aliphatic rings. The molecule has 0 unspecified atom stereocenters. The molecule has 1 fully saturated rings. The number of methoxy groups -OCH3 is 1. The van der Waals surface area contributed by atoms with E-state index in [0.29, 0.717) is 37.6 Å². The summed E-state index contributed by atoms with van der Waals surface area (Å²) in [6, 6.07) is 3.47. The van der Waals surface area contributed by atoms with E-state index >= 15 is 0 Å². The second kappa shape index (κ2) is 11.0. The Hall–Kier alpha value is -2.51. The van der Waals surface area contributed by atoms with Crippen LogP contribution in [0, 0.1) is 0 Å². The molecule has 0 aliphatic carbocycles. The lowest BCUT2D eigenvalue weighted by atomic mass is 9.94. The Morgan fingerprint density at radius 2 is 2.23 bits per heavy atom. The summed E-state index contributed by atoms with van der Waals surface area (Å²) >= 11 is 0. The molecule has 0 radical (unpaired) electrons. The van der Waals surface area contributed by atoms with Crippen LogP contribution in [0.3, 0.4) is 0 Å². The normalized spacial score (nSPS) is 23.2. The van der Waals surface area contributed by atoms with E-state index in [1.807, 2.05) is 18.2 Å². The largest absolute Gasteiger partial charge is 0.481 e. The molecule has 0 saturated carbocycles. The Bertz CT molecular complexity index is 801. The highest BCUT2D eigenvalue weighted by Crippen LogP contribution is 2.22. The van der Waals surface area contributed by atoms with Crippen LogP contribution < -0.4 is 10.1 Å². The van der Waals surface area contributed by atoms with Gasteiger partial charge in [-0.15, -0.1) is 0 Å². The first-order chi connectivity index (χ1) is 14.6. The lowest BCUT2D eigenvalue weighted by Crippen LogP contribution is -2.50. The summed E-state index contributed by atoms with van der Waals surface area (Å²) in [6.07, 6.45) is 8.06. The lowest BCUT2D eigenvalue weighted by Gasteiger charge is -2.28. The fourth-order valence-corrected chi connectivity index (χ4v) is 3.60. The van der Waals surface area contributed by atoms with E-state index in [0.717, 1.165) is 42.4 Å². The minimum atomic E-state index is -0.702. The number of hydrogen-bond donors (Lipinski definition) is 2. The SMILES string of the molecule is C=C1CCCCCN=C(C(=O)N[C@H]2CCOC[C@@H]2O)C=C1Cc1ccc(OC)nc1. The van der Waals surface area contributed by atoms with Crippen molar-refractivity contribution in [2.45, 2.75) is 50.7 Å². The average molecular weight is 414 g/mol. The molecule has 3 heterocycles. The number of hydrogen-bond acceptors (Lipinski definition) is 6. The van der Waals surface area contributed by atoms with Crippen molar-refractivity contribution in [2.75, 3.05) is 26.9 Å². The molecule has 0 bridgehead atoms. The van der Waals surface area contributed by atoms with Gasteiger partial charge in [-0.05, 0) is 49.3 Å². The molecule has 3 rings (SSSR count). The second-order valence-electron chi connectivity index (χ2n) is 7.75. The highest BCUT2D eigenvalue weighted by atomic mass is 16.5. The van der Waals surface area contributed by atoms with Gasteiger partial charge in [-0.1, -0.05) is 24.6 Å². The summed E-state index contributed by atoms with van der Waals surface area (Å²) in [6.45, 7) is 5.64. The quantitative estimate of drug-likeness (QED) is 0.773. The molecule has 7 nitrogen and oxygen atoms in total. The first-order valence-corrected chi connectivity index (χ1v) is 10.6. The minimum Gasteiger partial charge on any atom is -0.481 e. The number of aromatic nitrogens is 1. The minimum absolute atomic E-state index is 0.236. The smallest absolute Gasteiger partial charge is 0.269 e. The summed E-state index contributed by atoms with van der Waals surface area (Å²) in [7, 11) is 1.59. The number of pyridine rings is 1. The van der Waals surface area contributed by atoms with Gasteiger partial charge in [0.1, 0.15) is 5.71 Å². The summed E-state index contributed by atoms with van der Waals surface area (Å²) in [5, 5.41) is 13.0. The van der Waals surface area contributed by atoms with E-state index in [4.69, 9.17) is 9.47 Å². The highest BCUT2D eigenvalue weighted by Gasteiger charge is 2.26. The number of aliphatic imine (C=N–C) groups is 1. The molecular formula is C23H31N3O4. The van der Waals surface area contributed by atoms with Crippen LogP contribution in [0.2, 0.25) is 0 Å². The van der Waals surface area contributed by atoms with E-state index in [2.05, 4.69) is 21.9 Å². The molecule has 2 aliphatic heterocycles. The molecule has 1 saturated heterocycles. The van der Waals surface area contributed by atoms with Gasteiger partial charge in [0.15, 0.2) is 0 Å². The monoisotopic (exact) mass is 413 g/mol. The third kappa shape index (κ3) is 6.24. The first-order valence-electron chi connectivity index (χ1n) is 10.6. The zero-order chi connectivity index (χ0) is 21.3. The predicted molar refractivity (Wildman–Crippen MR) is 116 cm³/mol. The standard InChI is InChI=1S/C23H31N3O4/c1-16-6-4-3-5-10-24-20(23(28)26-19-9-11-30-15-21(19)27)13-18(16)12-17-7-8-22(29-2)25-14-17/h7-8,13-14,19,21,27H,1,3-6,9-12,15H2,2H3,(H,26,28)/t19-,21-/m0/s1. The van der Waals surface area contributed by atoms with Gasteiger partial charge in [0.25, 0.3) is 5.91 Å². The molecule has 1 aromatic rings. The summed E-state index contributed by atoms with van der Waals surface area (Å²) in [5.74, 6) is 0.300. The number of carbonyl (C=O) groups excluding carboxylic acids is 1. The van der Waals surface area contributed by atoms with Gasteiger partial charge in [-0.3, -0.25) is 9.79 Å². The van der Waals surface area contributed by atoms with Crippen LogP contribution in [-0.4, -0.2) is 60.7 Å². The Balaban J connectivity index is 1.81. The van der Waals surface area contributed by atoms with Crippen molar-refractivity contribution in [3.63, 3.8) is 0 Å². The number of nitrogens with one attached hydrogen (secondary N) is 1. The van der Waals surface area contributed by atoms with Gasteiger partial charge in [-0.2, -0.15) is 0 Å². The fourth-order valence-electron chi connectivity index (χ4n) is 3.60. The maximum Gasteiger partial charge on any atom is 0.269 e. The molecule has 0 spiro atoms. The summed E-state index contributed by atoms with van der Waals surface area (Å²) < 4.78 is 10.4. The summed E-state index contributed by atoms with van der Waals surface area (Å²) in [5.41, 5.74) is 3.39. The van der Waals surface area contributed by atoms with Crippen molar-refractivity contribution in [1.82, 2.24) is 10.3 Å². The number of aliphatic hydroxyl groups is 1. The van der Waals surface area contributed by atoms with Crippen molar-refractivity contribution >= 4 is 11.6 Å². The second-order valence-corrected chi connectivity index (χ2v) is 7.75. The van der Waals surface area contributed by atoms with Crippen LogP contribution in [0.5, 0.6) is 5.88 Å². The van der Waals surface area contributed by atoms with Crippen molar-refractivity contribution in [1.29, 1.82) is 0 Å². The Morgan fingerprint density at radius 1 is 1.37 bits per heavy atom. The van der Waals surface area contributed by atoms with E-state index in [1.54, 1.807) is 13.3 Å². The van der Waals surface area contributed by atoms with Crippen molar-refractivity contribution in [3.8, 4) is 5.88 Å². The van der Waals surface area contributed by atoms with Gasteiger partial charge < -0.3 is 19.9 Å². The zero-order valence-corrected chi connectivity index (χ0v) is 17.6. The van der Waals surface area contributed by atoms with Crippen molar-refractivity contribution in [3.05, 3.63) is 47.7 Å². The van der Waals surface area contributed by atoms with Gasteiger partial charge in [0.2, 0.25) is 5.88 Å². The molecule has 2 N–H and O–H groups in total. The first kappa shape index (κ1) is 22.2. The third-order valence-corrected chi connectivity index (χ3v) is 5.46. The van der Waals surface area contributed by atoms with Crippen molar-refractivity contribution in [2.24, 2.45) is 4.99 Å². The van der Waals surface area contributed by atoms with Crippen LogP contribution in [0.25, 0.3) is 0 Å². The van der Waals surface area contributed by atoms with Crippen LogP contribution in [-0.2, 0) is 16.0 Å². The fraction of sp³-hybridized carbons (Fsp3) is 0.522. The molecular weight excluding hydrogens is 382 g/mol. The van der Waals surface area contributed by atoms with Gasteiger partial charge in [0.05, 0.1) is 25.9 Å². The topological polar surface area (TPSA) is 93.0 Å². The molecule has 2 atom stereocenters. The Labute approximate surface area is 177 Å². The number of nitrogens with zero attached hydrogens (tertiary/aromatic N) is 2. The molecule has 162 valence electrons. The third-order valence-electron chi connectivity index (χ3n) is 5.46. The maximum absolute atomic E-state index is 13.0. The maximum atomic E-state index is 13.0. The molecule has 1 amide bonds. The zero-order valence-electron chi connectivity index (χ0n) is 17.6. The van der Waals surface area contributed by atoms with E-state index in [1.165, 1.54) is 0 Å². The number of carbonyl (C=O) groups is 1. The van der Waals surface area contributed by atoms with Gasteiger partial charge >= 0.3 is 0 Å². The number of amides is 1. The van der Waals surface area contributed by atoms with E-state index in [9.17, 15) is 9.90 Å². The van der Waals surface area contributed by atoms with E-state index in [-0.39, 0.29) is 18.6 Å². The van der Waals surface area contributed by atoms with Gasteiger partial charge in [0, 0.05) is 25.4 Å². The average Bonchev–Trinajstić information content (AvgIpc) is 2.76. The molecule has 30 heavy (non-hydrogen) atoms. The Morgan fingerprint density at radius 3 is 2.97 bits per heavy atom. The van der Waals surface area contributed by atoms with Crippen LogP contribution in [0.4, 0.5) is 0 Å². The predicted octanol–water partition coefficient (Wildman–Crippen LogP) is 2.40.